The smallest absolute Gasteiger partial charge is 0.338 e. The van der Waals surface area contributed by atoms with Gasteiger partial charge in [0.2, 0.25) is 0 Å². The average Bonchev–Trinajstić information content (AvgIpc) is 2.93. The molecule has 0 atom stereocenters. The summed E-state index contributed by atoms with van der Waals surface area (Å²) in [6.07, 6.45) is 11.6. The summed E-state index contributed by atoms with van der Waals surface area (Å²) in [5, 5.41) is 8.92. The first-order valence-electron chi connectivity index (χ1n) is 13.6. The van der Waals surface area contributed by atoms with Gasteiger partial charge >= 0.3 is 5.97 Å². The minimum atomic E-state index is -0.369. The van der Waals surface area contributed by atoms with Crippen molar-refractivity contribution in [2.75, 3.05) is 24.7 Å². The molecule has 0 aromatic heterocycles. The second-order valence-corrected chi connectivity index (χ2v) is 9.62. The molecular weight excluding hydrogens is 474 g/mol. The minimum Gasteiger partial charge on any atom is -0.494 e. The molecule has 0 aliphatic heterocycles. The molecule has 0 aliphatic carbocycles. The van der Waals surface area contributed by atoms with Crippen LogP contribution in [0, 0.1) is 11.3 Å². The molecule has 0 fully saturated rings. The third kappa shape index (κ3) is 10.2. The molecular formula is C32H39N3O3. The van der Waals surface area contributed by atoms with Crippen molar-refractivity contribution in [2.45, 2.75) is 64.2 Å². The van der Waals surface area contributed by atoms with E-state index in [0.717, 1.165) is 42.7 Å². The fourth-order valence-electron chi connectivity index (χ4n) is 4.33. The van der Waals surface area contributed by atoms with E-state index in [1.807, 2.05) is 36.4 Å². The number of nitrogens with zero attached hydrogens (tertiary/aromatic N) is 1. The molecule has 200 valence electrons. The van der Waals surface area contributed by atoms with Crippen molar-refractivity contribution in [3.05, 3.63) is 77.9 Å². The largest absolute Gasteiger partial charge is 0.494 e. The number of hydrogen-bond acceptors (Lipinski definition) is 6. The van der Waals surface area contributed by atoms with Gasteiger partial charge in [0, 0.05) is 11.4 Å². The van der Waals surface area contributed by atoms with Gasteiger partial charge in [-0.25, -0.2) is 4.79 Å². The summed E-state index contributed by atoms with van der Waals surface area (Å²) in [4.78, 5) is 12.1. The maximum Gasteiger partial charge on any atom is 0.338 e. The number of carbonyl (C=O) groups is 1. The standard InChI is InChI=1S/C32H39N3O3/c33-24-25-11-13-26(14-12-25)27-15-17-31(18-16-27)37-19-9-7-5-3-1-2-4-6-8-10-20-38-32(36)28-21-29(34)23-30(35)22-28/h11-18,21-23H,1-10,19-20,34-35H2. The van der Waals surface area contributed by atoms with E-state index in [9.17, 15) is 4.79 Å². The van der Waals surface area contributed by atoms with E-state index in [0.29, 0.717) is 29.1 Å². The Bertz CT molecular complexity index is 1150. The maximum absolute atomic E-state index is 12.1. The highest BCUT2D eigenvalue weighted by Gasteiger charge is 2.08. The van der Waals surface area contributed by atoms with Crippen LogP contribution < -0.4 is 16.2 Å². The number of esters is 1. The SMILES string of the molecule is N#Cc1ccc(-c2ccc(OCCCCCCCCCCCCOC(=O)c3cc(N)cc(N)c3)cc2)cc1. The van der Waals surface area contributed by atoms with E-state index in [-0.39, 0.29) is 5.97 Å². The highest BCUT2D eigenvalue weighted by Crippen LogP contribution is 2.23. The van der Waals surface area contributed by atoms with Gasteiger partial charge in [-0.3, -0.25) is 0 Å². The molecule has 0 radical (unpaired) electrons. The first-order valence-corrected chi connectivity index (χ1v) is 13.6. The number of ether oxygens (including phenoxy) is 2. The molecule has 3 rings (SSSR count). The fourth-order valence-corrected chi connectivity index (χ4v) is 4.33. The molecule has 0 aliphatic rings. The Hall–Kier alpha value is -3.98. The molecule has 3 aromatic rings. The summed E-state index contributed by atoms with van der Waals surface area (Å²) in [7, 11) is 0. The zero-order chi connectivity index (χ0) is 27.0. The molecule has 0 bridgehead atoms. The Morgan fingerprint density at radius 1 is 0.658 bits per heavy atom. The summed E-state index contributed by atoms with van der Waals surface area (Å²) in [6.45, 7) is 1.17. The van der Waals surface area contributed by atoms with Crippen molar-refractivity contribution in [3.63, 3.8) is 0 Å². The second-order valence-electron chi connectivity index (χ2n) is 9.62. The molecule has 0 amide bonds. The third-order valence-corrected chi connectivity index (χ3v) is 6.46. The highest BCUT2D eigenvalue weighted by atomic mass is 16.5. The topological polar surface area (TPSA) is 111 Å². The predicted molar refractivity (Wildman–Crippen MR) is 154 cm³/mol. The quantitative estimate of drug-likeness (QED) is 0.116. The van der Waals surface area contributed by atoms with Crippen molar-refractivity contribution < 1.29 is 14.3 Å². The van der Waals surface area contributed by atoms with Crippen molar-refractivity contribution in [1.82, 2.24) is 0 Å². The number of benzene rings is 3. The summed E-state index contributed by atoms with van der Waals surface area (Å²) in [6, 6.07) is 22.7. The zero-order valence-corrected chi connectivity index (χ0v) is 22.2. The van der Waals surface area contributed by atoms with Crippen molar-refractivity contribution in [2.24, 2.45) is 0 Å². The van der Waals surface area contributed by atoms with E-state index in [1.54, 1.807) is 18.2 Å². The Kier molecular flexibility index (Phi) is 12.0. The van der Waals surface area contributed by atoms with Gasteiger partial charge in [0.25, 0.3) is 0 Å². The molecule has 6 heteroatoms. The number of nitrogen functional groups attached to an aromatic ring is 2. The van der Waals surface area contributed by atoms with Crippen LogP contribution in [-0.4, -0.2) is 19.2 Å². The van der Waals surface area contributed by atoms with E-state index in [4.69, 9.17) is 26.2 Å². The van der Waals surface area contributed by atoms with Crippen LogP contribution in [0.25, 0.3) is 11.1 Å². The average molecular weight is 514 g/mol. The Balaban J connectivity index is 1.13. The highest BCUT2D eigenvalue weighted by molar-refractivity contribution is 5.91. The van der Waals surface area contributed by atoms with Gasteiger partial charge in [-0.05, 0) is 66.4 Å². The van der Waals surface area contributed by atoms with Gasteiger partial charge in [-0.1, -0.05) is 75.6 Å². The summed E-state index contributed by atoms with van der Waals surface area (Å²) >= 11 is 0. The number of carbonyl (C=O) groups excluding carboxylic acids is 1. The van der Waals surface area contributed by atoms with Crippen LogP contribution in [0.3, 0.4) is 0 Å². The number of nitrogens with two attached hydrogens (primary N) is 2. The molecule has 6 nitrogen and oxygen atoms in total. The number of nitriles is 1. The van der Waals surface area contributed by atoms with Gasteiger partial charge in [-0.15, -0.1) is 0 Å². The monoisotopic (exact) mass is 513 g/mol. The van der Waals surface area contributed by atoms with E-state index in [2.05, 4.69) is 18.2 Å². The van der Waals surface area contributed by atoms with Crippen LogP contribution in [0.2, 0.25) is 0 Å². The Labute approximate surface area is 226 Å². The van der Waals surface area contributed by atoms with Gasteiger partial charge in [0.15, 0.2) is 0 Å². The van der Waals surface area contributed by atoms with Crippen LogP contribution in [0.15, 0.2) is 66.7 Å². The van der Waals surface area contributed by atoms with Gasteiger partial charge in [-0.2, -0.15) is 5.26 Å². The molecule has 3 aromatic carbocycles. The summed E-state index contributed by atoms with van der Waals surface area (Å²) < 4.78 is 11.2. The normalized spacial score (nSPS) is 10.6. The lowest BCUT2D eigenvalue weighted by atomic mass is 10.0. The lowest BCUT2D eigenvalue weighted by Crippen LogP contribution is -2.07. The summed E-state index contributed by atoms with van der Waals surface area (Å²) in [5.41, 5.74) is 15.7. The molecule has 0 saturated carbocycles. The van der Waals surface area contributed by atoms with Crippen LogP contribution in [-0.2, 0) is 4.74 Å². The number of anilines is 2. The molecule has 0 spiro atoms. The fraction of sp³-hybridized carbons (Fsp3) is 0.375. The predicted octanol–water partition coefficient (Wildman–Crippen LogP) is 7.53. The van der Waals surface area contributed by atoms with Crippen LogP contribution in [0.5, 0.6) is 5.75 Å². The molecule has 0 saturated heterocycles. The van der Waals surface area contributed by atoms with E-state index < -0.39 is 0 Å². The molecule has 0 unspecified atom stereocenters. The first kappa shape index (κ1) is 28.6. The van der Waals surface area contributed by atoms with Gasteiger partial charge < -0.3 is 20.9 Å². The molecule has 4 N–H and O–H groups in total. The number of hydrogen-bond donors (Lipinski definition) is 2. The van der Waals surface area contributed by atoms with Crippen LogP contribution in [0.4, 0.5) is 11.4 Å². The Morgan fingerprint density at radius 3 is 1.66 bits per heavy atom. The maximum atomic E-state index is 12.1. The van der Waals surface area contributed by atoms with E-state index >= 15 is 0 Å². The number of rotatable bonds is 16. The Morgan fingerprint density at radius 2 is 1.13 bits per heavy atom. The van der Waals surface area contributed by atoms with Crippen LogP contribution in [0.1, 0.15) is 80.1 Å². The van der Waals surface area contributed by atoms with Crippen molar-refractivity contribution >= 4 is 17.3 Å². The van der Waals surface area contributed by atoms with E-state index in [1.165, 1.54) is 44.9 Å². The first-order chi connectivity index (χ1) is 18.5. The van der Waals surface area contributed by atoms with Gasteiger partial charge in [0.1, 0.15) is 5.75 Å². The lowest BCUT2D eigenvalue weighted by molar-refractivity contribution is 0.0497. The zero-order valence-electron chi connectivity index (χ0n) is 22.2. The summed E-state index contributed by atoms with van der Waals surface area (Å²) in [5.74, 6) is 0.526. The minimum absolute atomic E-state index is 0.369. The second kappa shape index (κ2) is 16.0. The molecule has 38 heavy (non-hydrogen) atoms. The lowest BCUT2D eigenvalue weighted by Gasteiger charge is -2.08. The van der Waals surface area contributed by atoms with Crippen molar-refractivity contribution in [1.29, 1.82) is 5.26 Å². The van der Waals surface area contributed by atoms with Crippen molar-refractivity contribution in [3.8, 4) is 22.9 Å². The third-order valence-electron chi connectivity index (χ3n) is 6.46. The van der Waals surface area contributed by atoms with Gasteiger partial charge in [0.05, 0.1) is 30.4 Å². The number of unbranched alkanes of at least 4 members (excludes halogenated alkanes) is 9. The molecule has 0 heterocycles. The van der Waals surface area contributed by atoms with Crippen LogP contribution >= 0.6 is 0 Å².